The third-order valence-electron chi connectivity index (χ3n) is 2.64. The van der Waals surface area contributed by atoms with Gasteiger partial charge in [-0.15, -0.1) is 0 Å². The van der Waals surface area contributed by atoms with Crippen LogP contribution in [0, 0.1) is 0 Å². The zero-order valence-corrected chi connectivity index (χ0v) is 9.93. The molecule has 94 valence electrons. The highest BCUT2D eigenvalue weighted by molar-refractivity contribution is 5.41. The summed E-state index contributed by atoms with van der Waals surface area (Å²) >= 11 is 0. The summed E-state index contributed by atoms with van der Waals surface area (Å²) in [5.74, 6) is 0.171. The zero-order valence-electron chi connectivity index (χ0n) is 9.93. The van der Waals surface area contributed by atoms with Gasteiger partial charge in [-0.05, 0) is 11.6 Å². The van der Waals surface area contributed by atoms with Crippen molar-refractivity contribution in [1.82, 2.24) is 19.7 Å². The van der Waals surface area contributed by atoms with Crippen LogP contribution < -0.4 is 5.76 Å². The maximum absolute atomic E-state index is 11.7. The van der Waals surface area contributed by atoms with Crippen LogP contribution in [0.15, 0.2) is 58.1 Å². The molecule has 0 amide bonds. The van der Waals surface area contributed by atoms with Crippen molar-refractivity contribution in [2.75, 3.05) is 0 Å². The van der Waals surface area contributed by atoms with E-state index in [0.717, 1.165) is 5.56 Å². The molecule has 0 atom stereocenters. The molecule has 2 aromatic heterocycles. The third kappa shape index (κ3) is 2.28. The summed E-state index contributed by atoms with van der Waals surface area (Å²) < 4.78 is 6.11. The monoisotopic (exact) mass is 254 g/mol. The van der Waals surface area contributed by atoms with Gasteiger partial charge in [0.15, 0.2) is 5.82 Å². The molecule has 0 saturated heterocycles. The summed E-state index contributed by atoms with van der Waals surface area (Å²) in [6, 6.07) is 11.3. The zero-order chi connectivity index (χ0) is 13.1. The predicted molar refractivity (Wildman–Crippen MR) is 67.3 cm³/mol. The van der Waals surface area contributed by atoms with E-state index in [0.29, 0.717) is 18.2 Å². The minimum Gasteiger partial charge on any atom is -0.295 e. The lowest BCUT2D eigenvalue weighted by Crippen LogP contribution is -2.16. The minimum atomic E-state index is -0.522. The van der Waals surface area contributed by atoms with Gasteiger partial charge in [0.2, 0.25) is 5.82 Å². The van der Waals surface area contributed by atoms with Gasteiger partial charge in [-0.3, -0.25) is 4.52 Å². The van der Waals surface area contributed by atoms with E-state index in [1.54, 1.807) is 18.5 Å². The number of hydrogen-bond acceptors (Lipinski definition) is 5. The molecule has 1 aromatic carbocycles. The van der Waals surface area contributed by atoms with Crippen LogP contribution in [0.1, 0.15) is 5.56 Å². The Balaban J connectivity index is 2.03. The summed E-state index contributed by atoms with van der Waals surface area (Å²) in [6.07, 6.45) is 3.18. The molecule has 0 spiro atoms. The second-order valence-corrected chi connectivity index (χ2v) is 3.92. The molecule has 3 aromatic rings. The smallest absolute Gasteiger partial charge is 0.295 e. The van der Waals surface area contributed by atoms with Crippen LogP contribution >= 0.6 is 0 Å². The highest BCUT2D eigenvalue weighted by Crippen LogP contribution is 2.11. The van der Waals surface area contributed by atoms with Gasteiger partial charge in [0.1, 0.15) is 0 Å². The lowest BCUT2D eigenvalue weighted by molar-refractivity contribution is 0.378. The first-order valence-electron chi connectivity index (χ1n) is 5.72. The normalized spacial score (nSPS) is 10.5. The Hall–Kier alpha value is -2.76. The molecule has 0 radical (unpaired) electrons. The molecule has 0 N–H and O–H groups in total. The molecule has 0 fully saturated rings. The molecule has 0 unspecified atom stereocenters. The van der Waals surface area contributed by atoms with Gasteiger partial charge in [-0.2, -0.15) is 0 Å². The molecule has 2 heterocycles. The highest BCUT2D eigenvalue weighted by atomic mass is 16.5. The topological polar surface area (TPSA) is 73.8 Å². The van der Waals surface area contributed by atoms with Crippen molar-refractivity contribution in [2.24, 2.45) is 0 Å². The van der Waals surface area contributed by atoms with Crippen LogP contribution in [0.25, 0.3) is 11.6 Å². The number of aromatic nitrogens is 4. The van der Waals surface area contributed by atoms with E-state index in [1.807, 2.05) is 30.3 Å². The lowest BCUT2D eigenvalue weighted by atomic mass is 10.2. The Kier molecular flexibility index (Phi) is 2.89. The largest absolute Gasteiger partial charge is 0.442 e. The molecule has 0 bridgehead atoms. The first kappa shape index (κ1) is 11.3. The minimum absolute atomic E-state index is 0.328. The van der Waals surface area contributed by atoms with Crippen molar-refractivity contribution in [3.8, 4) is 11.6 Å². The average Bonchev–Trinajstić information content (AvgIpc) is 2.82. The fraction of sp³-hybridized carbons (Fsp3) is 0.0769. The van der Waals surface area contributed by atoms with Crippen LogP contribution in [-0.4, -0.2) is 19.7 Å². The van der Waals surface area contributed by atoms with Gasteiger partial charge < -0.3 is 0 Å². The first-order valence-corrected chi connectivity index (χ1v) is 5.72. The van der Waals surface area contributed by atoms with Gasteiger partial charge in [-0.1, -0.05) is 35.5 Å². The summed E-state index contributed by atoms with van der Waals surface area (Å²) in [5, 5.41) is 3.73. The van der Waals surface area contributed by atoms with E-state index in [2.05, 4.69) is 15.1 Å². The lowest BCUT2D eigenvalue weighted by Gasteiger charge is -2.03. The second kappa shape index (κ2) is 4.85. The average molecular weight is 254 g/mol. The molecule has 0 saturated carbocycles. The summed E-state index contributed by atoms with van der Waals surface area (Å²) in [6.45, 7) is 0.372. The maximum Gasteiger partial charge on any atom is 0.442 e. The SMILES string of the molecule is O=c1onc(-c2ncccn2)n1Cc1ccccc1. The van der Waals surface area contributed by atoms with Gasteiger partial charge in [0.25, 0.3) is 0 Å². The molecule has 0 aliphatic heterocycles. The summed E-state index contributed by atoms with van der Waals surface area (Å²) in [4.78, 5) is 19.8. The quantitative estimate of drug-likeness (QED) is 0.705. The molecular weight excluding hydrogens is 244 g/mol. The van der Waals surface area contributed by atoms with E-state index in [1.165, 1.54) is 4.57 Å². The van der Waals surface area contributed by atoms with Crippen molar-refractivity contribution in [1.29, 1.82) is 0 Å². The fourth-order valence-electron chi connectivity index (χ4n) is 1.75. The molecule has 19 heavy (non-hydrogen) atoms. The summed E-state index contributed by atoms with van der Waals surface area (Å²) in [5.41, 5.74) is 0.977. The Morgan fingerprint density at radius 2 is 1.79 bits per heavy atom. The Bertz CT molecular complexity index is 719. The van der Waals surface area contributed by atoms with Gasteiger partial charge >= 0.3 is 5.76 Å². The van der Waals surface area contributed by atoms with Crippen LogP contribution in [0.5, 0.6) is 0 Å². The van der Waals surface area contributed by atoms with Crippen LogP contribution in [0.2, 0.25) is 0 Å². The Labute approximate surface area is 108 Å². The number of rotatable bonds is 3. The van der Waals surface area contributed by atoms with Gasteiger partial charge in [-0.25, -0.2) is 19.3 Å². The van der Waals surface area contributed by atoms with E-state index in [9.17, 15) is 4.79 Å². The van der Waals surface area contributed by atoms with E-state index >= 15 is 0 Å². The van der Waals surface area contributed by atoms with Crippen LogP contribution in [0.4, 0.5) is 0 Å². The van der Waals surface area contributed by atoms with Gasteiger partial charge in [0, 0.05) is 12.4 Å². The van der Waals surface area contributed by atoms with Crippen molar-refractivity contribution in [2.45, 2.75) is 6.54 Å². The van der Waals surface area contributed by atoms with Crippen molar-refractivity contribution in [3.63, 3.8) is 0 Å². The van der Waals surface area contributed by atoms with Crippen molar-refractivity contribution in [3.05, 3.63) is 64.9 Å². The molecule has 0 aliphatic rings. The standard InChI is InChI=1S/C13H10N4O2/c18-13-17(9-10-5-2-1-3-6-10)12(16-19-13)11-14-7-4-8-15-11/h1-8H,9H2. The van der Waals surface area contributed by atoms with Crippen molar-refractivity contribution >= 4 is 0 Å². The molecule has 3 rings (SSSR count). The molecule has 0 aliphatic carbocycles. The van der Waals surface area contributed by atoms with E-state index in [4.69, 9.17) is 4.52 Å². The van der Waals surface area contributed by atoms with Crippen LogP contribution in [-0.2, 0) is 6.54 Å². The Morgan fingerprint density at radius 1 is 1.05 bits per heavy atom. The third-order valence-corrected chi connectivity index (χ3v) is 2.64. The van der Waals surface area contributed by atoms with Crippen molar-refractivity contribution < 1.29 is 4.52 Å². The fourth-order valence-corrected chi connectivity index (χ4v) is 1.75. The predicted octanol–water partition coefficient (Wildman–Crippen LogP) is 1.34. The highest BCUT2D eigenvalue weighted by Gasteiger charge is 2.14. The number of nitrogens with zero attached hydrogens (tertiary/aromatic N) is 4. The molecule has 6 heteroatoms. The van der Waals surface area contributed by atoms with Crippen LogP contribution in [0.3, 0.4) is 0 Å². The van der Waals surface area contributed by atoms with E-state index < -0.39 is 5.76 Å². The molecule has 6 nitrogen and oxygen atoms in total. The second-order valence-electron chi connectivity index (χ2n) is 3.92. The van der Waals surface area contributed by atoms with E-state index in [-0.39, 0.29) is 0 Å². The maximum atomic E-state index is 11.7. The number of benzene rings is 1. The Morgan fingerprint density at radius 3 is 2.53 bits per heavy atom. The summed E-state index contributed by atoms with van der Waals surface area (Å²) in [7, 11) is 0. The number of hydrogen-bond donors (Lipinski definition) is 0. The first-order chi connectivity index (χ1) is 9.34. The van der Waals surface area contributed by atoms with Gasteiger partial charge in [0.05, 0.1) is 6.54 Å². The molecular formula is C13H10N4O2.